The first-order valence-corrected chi connectivity index (χ1v) is 7.83. The summed E-state index contributed by atoms with van der Waals surface area (Å²) in [5.74, 6) is 0.855. The van der Waals surface area contributed by atoms with Crippen LogP contribution in [0.1, 0.15) is 18.3 Å². The fraction of sp³-hybridized carbons (Fsp3) is 0.294. The van der Waals surface area contributed by atoms with Gasteiger partial charge in [0.25, 0.3) is 0 Å². The largest absolute Gasteiger partial charge is 0.368 e. The maximum atomic E-state index is 11.3. The van der Waals surface area contributed by atoms with E-state index in [1.54, 1.807) is 17.8 Å². The Balaban J connectivity index is 1.90. The van der Waals surface area contributed by atoms with E-state index in [-0.39, 0.29) is 0 Å². The average Bonchev–Trinajstić information content (AvgIpc) is 2.95. The number of primary amides is 1. The molecule has 0 aliphatic heterocycles. The summed E-state index contributed by atoms with van der Waals surface area (Å²) < 4.78 is 1.70. The highest BCUT2D eigenvalue weighted by Gasteiger charge is 2.15. The minimum atomic E-state index is -0.523. The number of nitrogens with two attached hydrogens (primary N) is 1. The normalized spacial score (nSPS) is 12.2. The van der Waals surface area contributed by atoms with Crippen LogP contribution in [0.25, 0.3) is 11.0 Å². The second kappa shape index (κ2) is 6.66. The van der Waals surface area contributed by atoms with Crippen LogP contribution < -0.4 is 11.1 Å². The predicted octanol–water partition coefficient (Wildman–Crippen LogP) is 1.43. The molecule has 0 radical (unpaired) electrons. The van der Waals surface area contributed by atoms with Gasteiger partial charge in [-0.2, -0.15) is 5.10 Å². The van der Waals surface area contributed by atoms with E-state index in [2.05, 4.69) is 32.5 Å². The Morgan fingerprint density at radius 3 is 2.71 bits per heavy atom. The highest BCUT2D eigenvalue weighted by atomic mass is 16.1. The highest BCUT2D eigenvalue weighted by Crippen LogP contribution is 2.21. The van der Waals surface area contributed by atoms with Crippen LogP contribution in [0.3, 0.4) is 0 Å². The van der Waals surface area contributed by atoms with Crippen LogP contribution in [0.2, 0.25) is 0 Å². The molecule has 7 nitrogen and oxygen atoms in total. The molecule has 24 heavy (non-hydrogen) atoms. The molecule has 0 spiro atoms. The van der Waals surface area contributed by atoms with Crippen LogP contribution in [0.15, 0.2) is 36.5 Å². The number of benzene rings is 1. The second-order valence-corrected chi connectivity index (χ2v) is 5.75. The minimum absolute atomic E-state index is 0.434. The summed E-state index contributed by atoms with van der Waals surface area (Å²) in [4.78, 5) is 20.5. The fourth-order valence-electron chi connectivity index (χ4n) is 2.47. The van der Waals surface area contributed by atoms with Crippen LogP contribution in [0.5, 0.6) is 0 Å². The summed E-state index contributed by atoms with van der Waals surface area (Å²) >= 11 is 0. The predicted molar refractivity (Wildman–Crippen MR) is 92.4 cm³/mol. The van der Waals surface area contributed by atoms with Gasteiger partial charge in [0.1, 0.15) is 17.7 Å². The lowest BCUT2D eigenvalue weighted by Crippen LogP contribution is -2.33. The summed E-state index contributed by atoms with van der Waals surface area (Å²) in [5, 5.41) is 8.06. The number of anilines is 1. The first kappa shape index (κ1) is 15.9. The third-order valence-electron chi connectivity index (χ3n) is 3.90. The lowest BCUT2D eigenvalue weighted by molar-refractivity contribution is -0.118. The molecule has 3 N–H and O–H groups in total. The number of carbonyl (C=O) groups excluding carboxylic acids is 1. The Bertz CT molecular complexity index is 858. The zero-order valence-electron chi connectivity index (χ0n) is 13.7. The Morgan fingerprint density at radius 2 is 2.00 bits per heavy atom. The maximum Gasteiger partial charge on any atom is 0.239 e. The lowest BCUT2D eigenvalue weighted by atomic mass is 10.1. The molecule has 7 heteroatoms. The first-order valence-electron chi connectivity index (χ1n) is 7.83. The van der Waals surface area contributed by atoms with Crippen molar-refractivity contribution in [2.24, 2.45) is 12.8 Å². The molecule has 0 saturated heterocycles. The van der Waals surface area contributed by atoms with Crippen LogP contribution >= 0.6 is 0 Å². The monoisotopic (exact) mass is 324 g/mol. The Labute approximate surface area is 139 Å². The van der Waals surface area contributed by atoms with Gasteiger partial charge in [-0.15, -0.1) is 0 Å². The van der Waals surface area contributed by atoms with Gasteiger partial charge in [-0.1, -0.05) is 30.3 Å². The number of nitrogens with one attached hydrogen (secondary N) is 1. The van der Waals surface area contributed by atoms with Crippen molar-refractivity contribution in [2.75, 3.05) is 5.32 Å². The SMILES string of the molecule is C[C@H](Nc1nc(CCc2ccccc2)nc2c1cnn2C)C(N)=O. The highest BCUT2D eigenvalue weighted by molar-refractivity contribution is 5.89. The van der Waals surface area contributed by atoms with Gasteiger partial charge in [0.05, 0.1) is 11.6 Å². The van der Waals surface area contributed by atoms with E-state index in [0.29, 0.717) is 18.1 Å². The summed E-state index contributed by atoms with van der Waals surface area (Å²) in [6, 6.07) is 9.66. The molecule has 0 aliphatic rings. The van der Waals surface area contributed by atoms with E-state index in [0.717, 1.165) is 17.5 Å². The summed E-state index contributed by atoms with van der Waals surface area (Å²) in [6.45, 7) is 1.70. The van der Waals surface area contributed by atoms with E-state index in [1.807, 2.05) is 25.2 Å². The van der Waals surface area contributed by atoms with E-state index < -0.39 is 11.9 Å². The number of hydrogen-bond acceptors (Lipinski definition) is 5. The molecular formula is C17H20N6O. The van der Waals surface area contributed by atoms with Gasteiger partial charge in [0, 0.05) is 13.5 Å². The number of aryl methyl sites for hydroxylation is 3. The molecular weight excluding hydrogens is 304 g/mol. The standard InChI is InChI=1S/C17H20N6O/c1-11(15(18)24)20-16-13-10-19-23(2)17(13)22-14(21-16)9-8-12-6-4-3-5-7-12/h3-7,10-11H,8-9H2,1-2H3,(H2,18,24)(H,20,21,22)/t11-/m0/s1. The van der Waals surface area contributed by atoms with Gasteiger partial charge in [-0.25, -0.2) is 9.97 Å². The Morgan fingerprint density at radius 1 is 1.25 bits per heavy atom. The quantitative estimate of drug-likeness (QED) is 0.715. The van der Waals surface area contributed by atoms with Crippen molar-refractivity contribution in [3.05, 3.63) is 47.9 Å². The number of nitrogens with zero attached hydrogens (tertiary/aromatic N) is 4. The third kappa shape index (κ3) is 3.34. The number of carbonyl (C=O) groups is 1. The topological polar surface area (TPSA) is 98.7 Å². The zero-order chi connectivity index (χ0) is 17.1. The van der Waals surface area contributed by atoms with Crippen molar-refractivity contribution in [1.29, 1.82) is 0 Å². The Kier molecular flexibility index (Phi) is 4.41. The molecule has 1 atom stereocenters. The van der Waals surface area contributed by atoms with Gasteiger partial charge in [-0.3, -0.25) is 9.48 Å². The van der Waals surface area contributed by atoms with Gasteiger partial charge >= 0.3 is 0 Å². The molecule has 3 rings (SSSR count). The first-order chi connectivity index (χ1) is 11.5. The summed E-state index contributed by atoms with van der Waals surface area (Å²) in [6.07, 6.45) is 3.23. The molecule has 1 aromatic carbocycles. The van der Waals surface area contributed by atoms with E-state index >= 15 is 0 Å². The lowest BCUT2D eigenvalue weighted by Gasteiger charge is -2.13. The number of hydrogen-bond donors (Lipinski definition) is 2. The molecule has 2 aromatic heterocycles. The zero-order valence-corrected chi connectivity index (χ0v) is 13.7. The Hall–Kier alpha value is -2.96. The molecule has 0 fully saturated rings. The van der Waals surface area contributed by atoms with Crippen LogP contribution in [0.4, 0.5) is 5.82 Å². The van der Waals surface area contributed by atoms with Gasteiger partial charge in [0.2, 0.25) is 5.91 Å². The van der Waals surface area contributed by atoms with E-state index in [1.165, 1.54) is 5.56 Å². The maximum absolute atomic E-state index is 11.3. The second-order valence-electron chi connectivity index (χ2n) is 5.75. The molecule has 0 aliphatic carbocycles. The van der Waals surface area contributed by atoms with Crippen LogP contribution in [-0.4, -0.2) is 31.7 Å². The van der Waals surface area contributed by atoms with Crippen molar-refractivity contribution < 1.29 is 4.79 Å². The van der Waals surface area contributed by atoms with E-state index in [4.69, 9.17) is 5.73 Å². The molecule has 1 amide bonds. The number of aromatic nitrogens is 4. The van der Waals surface area contributed by atoms with Gasteiger partial charge in [-0.05, 0) is 18.9 Å². The summed E-state index contributed by atoms with van der Waals surface area (Å²) in [5.41, 5.74) is 7.30. The number of fused-ring (bicyclic) bond motifs is 1. The molecule has 0 unspecified atom stereocenters. The van der Waals surface area contributed by atoms with Crippen molar-refractivity contribution in [3.63, 3.8) is 0 Å². The minimum Gasteiger partial charge on any atom is -0.368 e. The summed E-state index contributed by atoms with van der Waals surface area (Å²) in [7, 11) is 1.83. The average molecular weight is 324 g/mol. The van der Waals surface area contributed by atoms with Crippen LogP contribution in [-0.2, 0) is 24.7 Å². The van der Waals surface area contributed by atoms with Crippen molar-refractivity contribution >= 4 is 22.8 Å². The fourth-order valence-corrected chi connectivity index (χ4v) is 2.47. The molecule has 124 valence electrons. The smallest absolute Gasteiger partial charge is 0.239 e. The number of rotatable bonds is 6. The molecule has 2 heterocycles. The van der Waals surface area contributed by atoms with Crippen molar-refractivity contribution in [2.45, 2.75) is 25.8 Å². The molecule has 0 bridgehead atoms. The third-order valence-corrected chi connectivity index (χ3v) is 3.90. The number of amides is 1. The molecule has 3 aromatic rings. The van der Waals surface area contributed by atoms with Gasteiger partial charge < -0.3 is 11.1 Å². The van der Waals surface area contributed by atoms with Crippen LogP contribution in [0, 0.1) is 0 Å². The van der Waals surface area contributed by atoms with Crippen molar-refractivity contribution in [1.82, 2.24) is 19.7 Å². The molecule has 0 saturated carbocycles. The van der Waals surface area contributed by atoms with Gasteiger partial charge in [0.15, 0.2) is 5.65 Å². The van der Waals surface area contributed by atoms with Crippen molar-refractivity contribution in [3.8, 4) is 0 Å². The van der Waals surface area contributed by atoms with E-state index in [9.17, 15) is 4.79 Å².